The maximum Gasteiger partial charge on any atom is 0.304 e. The Kier molecular flexibility index (Phi) is 6.76. The Hall–Kier alpha value is -0.570. The normalized spacial score (nSPS) is 12.8. The van der Waals surface area contributed by atoms with Crippen LogP contribution in [0.25, 0.3) is 0 Å². The third kappa shape index (κ3) is 6.16. The number of unbranched alkanes of at least 4 members (excludes halogenated alkanes) is 1. The lowest BCUT2D eigenvalue weighted by atomic mass is 10.1. The summed E-state index contributed by atoms with van der Waals surface area (Å²) in [6.45, 7) is 5.06. The minimum atomic E-state index is -0.717. The van der Waals surface area contributed by atoms with Gasteiger partial charge in [-0.25, -0.2) is 0 Å². The summed E-state index contributed by atoms with van der Waals surface area (Å²) >= 11 is 0. The van der Waals surface area contributed by atoms with E-state index in [9.17, 15) is 4.79 Å². The first-order chi connectivity index (χ1) is 5.70. The van der Waals surface area contributed by atoms with Crippen LogP contribution in [0.5, 0.6) is 0 Å². The quantitative estimate of drug-likeness (QED) is 0.575. The van der Waals surface area contributed by atoms with E-state index in [1.165, 1.54) is 0 Å². The molecule has 2 N–H and O–H groups in total. The van der Waals surface area contributed by atoms with Gasteiger partial charge in [-0.1, -0.05) is 20.3 Å². The topological polar surface area (TPSA) is 49.3 Å². The maximum absolute atomic E-state index is 10.4. The SMILES string of the molecule is CCCCNC(CC)CC(=O)O. The number of carboxylic acids is 1. The van der Waals surface area contributed by atoms with Crippen molar-refractivity contribution in [2.45, 2.75) is 45.6 Å². The number of aliphatic carboxylic acids is 1. The molecule has 72 valence electrons. The molecule has 0 aliphatic carbocycles. The molecule has 12 heavy (non-hydrogen) atoms. The van der Waals surface area contributed by atoms with Crippen LogP contribution in [0.2, 0.25) is 0 Å². The Morgan fingerprint density at radius 1 is 1.50 bits per heavy atom. The zero-order valence-corrected chi connectivity index (χ0v) is 7.97. The lowest BCUT2D eigenvalue weighted by Crippen LogP contribution is -2.31. The Bertz CT molecular complexity index is 126. The molecule has 0 spiro atoms. The molecule has 3 nitrogen and oxygen atoms in total. The van der Waals surface area contributed by atoms with Crippen molar-refractivity contribution in [3.63, 3.8) is 0 Å². The van der Waals surface area contributed by atoms with E-state index in [-0.39, 0.29) is 12.5 Å². The number of carbonyl (C=O) groups is 1. The highest BCUT2D eigenvalue weighted by molar-refractivity contribution is 5.67. The van der Waals surface area contributed by atoms with Crippen molar-refractivity contribution in [1.82, 2.24) is 5.32 Å². The minimum Gasteiger partial charge on any atom is -0.481 e. The second-order valence-electron chi connectivity index (χ2n) is 3.01. The molecule has 0 aromatic carbocycles. The molecule has 0 aromatic heterocycles. The fraction of sp³-hybridized carbons (Fsp3) is 0.889. The molecule has 0 aliphatic rings. The molecule has 1 atom stereocenters. The van der Waals surface area contributed by atoms with Gasteiger partial charge in [-0.2, -0.15) is 0 Å². The summed E-state index contributed by atoms with van der Waals surface area (Å²) in [6, 6.07) is 0.147. The molecular weight excluding hydrogens is 154 g/mol. The maximum atomic E-state index is 10.4. The van der Waals surface area contributed by atoms with Gasteiger partial charge >= 0.3 is 5.97 Å². The lowest BCUT2D eigenvalue weighted by molar-refractivity contribution is -0.137. The Morgan fingerprint density at radius 2 is 2.17 bits per heavy atom. The number of carboxylic acid groups (broad SMARTS) is 1. The van der Waals surface area contributed by atoms with E-state index >= 15 is 0 Å². The van der Waals surface area contributed by atoms with Gasteiger partial charge < -0.3 is 10.4 Å². The van der Waals surface area contributed by atoms with Crippen LogP contribution in [0.15, 0.2) is 0 Å². The van der Waals surface area contributed by atoms with Crippen molar-refractivity contribution in [2.24, 2.45) is 0 Å². The van der Waals surface area contributed by atoms with Crippen molar-refractivity contribution in [3.8, 4) is 0 Å². The highest BCUT2D eigenvalue weighted by atomic mass is 16.4. The van der Waals surface area contributed by atoms with Gasteiger partial charge in [-0.3, -0.25) is 4.79 Å². The standard InChI is InChI=1S/C9H19NO2/c1-3-5-6-10-8(4-2)7-9(11)12/h8,10H,3-7H2,1-2H3,(H,11,12). The van der Waals surface area contributed by atoms with Gasteiger partial charge in [0.15, 0.2) is 0 Å². The predicted octanol–water partition coefficient (Wildman–Crippen LogP) is 1.63. The Labute approximate surface area is 74.2 Å². The third-order valence-corrected chi connectivity index (χ3v) is 1.88. The zero-order valence-electron chi connectivity index (χ0n) is 7.97. The summed E-state index contributed by atoms with van der Waals surface area (Å²) in [7, 11) is 0. The second-order valence-corrected chi connectivity index (χ2v) is 3.01. The fourth-order valence-corrected chi connectivity index (χ4v) is 1.05. The van der Waals surface area contributed by atoms with Crippen LogP contribution < -0.4 is 5.32 Å². The average molecular weight is 173 g/mol. The molecule has 0 fully saturated rings. The van der Waals surface area contributed by atoms with Crippen LogP contribution in [-0.2, 0) is 4.79 Å². The van der Waals surface area contributed by atoms with E-state index in [4.69, 9.17) is 5.11 Å². The van der Waals surface area contributed by atoms with Gasteiger partial charge in [0.05, 0.1) is 6.42 Å². The minimum absolute atomic E-state index is 0.147. The average Bonchev–Trinajstić information content (AvgIpc) is 2.02. The number of hydrogen-bond acceptors (Lipinski definition) is 2. The summed E-state index contributed by atoms with van der Waals surface area (Å²) in [6.07, 6.45) is 3.39. The smallest absolute Gasteiger partial charge is 0.304 e. The highest BCUT2D eigenvalue weighted by Crippen LogP contribution is 1.97. The van der Waals surface area contributed by atoms with Crippen LogP contribution in [0, 0.1) is 0 Å². The largest absolute Gasteiger partial charge is 0.481 e. The van der Waals surface area contributed by atoms with Gasteiger partial charge in [0.1, 0.15) is 0 Å². The summed E-state index contributed by atoms with van der Waals surface area (Å²) in [5.41, 5.74) is 0. The van der Waals surface area contributed by atoms with Crippen LogP contribution in [0.3, 0.4) is 0 Å². The van der Waals surface area contributed by atoms with Gasteiger partial charge in [-0.05, 0) is 19.4 Å². The molecule has 0 saturated carbocycles. The number of rotatable bonds is 7. The number of nitrogens with one attached hydrogen (secondary N) is 1. The molecule has 1 unspecified atom stereocenters. The molecule has 0 saturated heterocycles. The van der Waals surface area contributed by atoms with E-state index in [1.54, 1.807) is 0 Å². The van der Waals surface area contributed by atoms with E-state index in [1.807, 2.05) is 6.92 Å². The predicted molar refractivity (Wildman–Crippen MR) is 49.2 cm³/mol. The molecule has 0 heterocycles. The summed E-state index contributed by atoms with van der Waals surface area (Å²) in [4.78, 5) is 10.4. The van der Waals surface area contributed by atoms with Gasteiger partial charge in [-0.15, -0.1) is 0 Å². The third-order valence-electron chi connectivity index (χ3n) is 1.88. The first-order valence-electron chi connectivity index (χ1n) is 4.65. The molecule has 0 aromatic rings. The highest BCUT2D eigenvalue weighted by Gasteiger charge is 2.08. The van der Waals surface area contributed by atoms with Crippen molar-refractivity contribution < 1.29 is 9.90 Å². The van der Waals surface area contributed by atoms with Crippen molar-refractivity contribution in [1.29, 1.82) is 0 Å². The summed E-state index contributed by atoms with van der Waals surface area (Å²) in [5.74, 6) is -0.717. The van der Waals surface area contributed by atoms with Gasteiger partial charge in [0.2, 0.25) is 0 Å². The zero-order chi connectivity index (χ0) is 9.40. The fourth-order valence-electron chi connectivity index (χ4n) is 1.05. The summed E-state index contributed by atoms with van der Waals surface area (Å²) in [5, 5.41) is 11.8. The van der Waals surface area contributed by atoms with Crippen LogP contribution in [0.1, 0.15) is 39.5 Å². The van der Waals surface area contributed by atoms with Gasteiger partial charge in [0, 0.05) is 6.04 Å². The second kappa shape index (κ2) is 7.10. The van der Waals surface area contributed by atoms with Crippen LogP contribution >= 0.6 is 0 Å². The van der Waals surface area contributed by atoms with E-state index in [0.29, 0.717) is 0 Å². The van der Waals surface area contributed by atoms with Gasteiger partial charge in [0.25, 0.3) is 0 Å². The van der Waals surface area contributed by atoms with Crippen molar-refractivity contribution in [3.05, 3.63) is 0 Å². The van der Waals surface area contributed by atoms with Crippen molar-refractivity contribution in [2.75, 3.05) is 6.54 Å². The first kappa shape index (κ1) is 11.4. The Morgan fingerprint density at radius 3 is 2.58 bits per heavy atom. The van der Waals surface area contributed by atoms with Crippen molar-refractivity contribution >= 4 is 5.97 Å². The monoisotopic (exact) mass is 173 g/mol. The molecule has 3 heteroatoms. The summed E-state index contributed by atoms with van der Waals surface area (Å²) < 4.78 is 0. The molecule has 0 bridgehead atoms. The lowest BCUT2D eigenvalue weighted by Gasteiger charge is -2.13. The first-order valence-corrected chi connectivity index (χ1v) is 4.65. The molecule has 0 amide bonds. The molecular formula is C9H19NO2. The molecule has 0 aliphatic heterocycles. The van der Waals surface area contributed by atoms with Crippen LogP contribution in [-0.4, -0.2) is 23.7 Å². The van der Waals surface area contributed by atoms with Crippen LogP contribution in [0.4, 0.5) is 0 Å². The van der Waals surface area contributed by atoms with E-state index in [2.05, 4.69) is 12.2 Å². The molecule has 0 rings (SSSR count). The molecule has 0 radical (unpaired) electrons. The van der Waals surface area contributed by atoms with E-state index < -0.39 is 5.97 Å². The Balaban J connectivity index is 3.46. The number of hydrogen-bond donors (Lipinski definition) is 2. The van der Waals surface area contributed by atoms with E-state index in [0.717, 1.165) is 25.8 Å².